The second kappa shape index (κ2) is 9.49. The van der Waals surface area contributed by atoms with E-state index in [1.165, 1.54) is 11.8 Å². The number of anilines is 1. The minimum atomic E-state index is -0.452. The lowest BCUT2D eigenvalue weighted by Gasteiger charge is -2.18. The Morgan fingerprint density at radius 3 is 2.61 bits per heavy atom. The van der Waals surface area contributed by atoms with E-state index in [4.69, 9.17) is 0 Å². The maximum atomic E-state index is 13.4. The number of carbonyl (C=O) groups is 1. The van der Waals surface area contributed by atoms with Gasteiger partial charge in [0.05, 0.1) is 4.88 Å². The number of rotatable bonds is 7. The van der Waals surface area contributed by atoms with Crippen molar-refractivity contribution in [3.8, 4) is 10.7 Å². The van der Waals surface area contributed by atoms with Crippen molar-refractivity contribution in [3.05, 3.63) is 82.7 Å². The summed E-state index contributed by atoms with van der Waals surface area (Å²) in [5.41, 5.74) is 3.91. The van der Waals surface area contributed by atoms with E-state index in [2.05, 4.69) is 27.0 Å². The van der Waals surface area contributed by atoms with Gasteiger partial charge in [-0.15, -0.1) is 21.5 Å². The van der Waals surface area contributed by atoms with Crippen molar-refractivity contribution in [2.45, 2.75) is 37.7 Å². The average Bonchev–Trinajstić information content (AvgIpc) is 3.44. The van der Waals surface area contributed by atoms with Crippen molar-refractivity contribution >= 4 is 34.7 Å². The molecule has 7 heteroatoms. The molecule has 1 amide bonds. The minimum Gasteiger partial charge on any atom is -0.325 e. The van der Waals surface area contributed by atoms with E-state index in [-0.39, 0.29) is 5.91 Å². The third-order valence-corrected chi connectivity index (χ3v) is 7.09. The van der Waals surface area contributed by atoms with Crippen LogP contribution < -0.4 is 5.32 Å². The van der Waals surface area contributed by atoms with Crippen molar-refractivity contribution < 1.29 is 4.79 Å². The smallest absolute Gasteiger partial charge is 0.242 e. The maximum absolute atomic E-state index is 13.4. The number of thiophene rings is 1. The maximum Gasteiger partial charge on any atom is 0.242 e. The van der Waals surface area contributed by atoms with Gasteiger partial charge < -0.3 is 9.88 Å². The fraction of sp³-hybridized carbons (Fsp3) is 0.208. The molecule has 0 radical (unpaired) electrons. The number of nitrogens with one attached hydrogen (secondary N) is 1. The topological polar surface area (TPSA) is 59.8 Å². The van der Waals surface area contributed by atoms with E-state index in [1.807, 2.05) is 79.9 Å². The molecule has 0 bridgehead atoms. The molecule has 0 spiro atoms. The van der Waals surface area contributed by atoms with Crippen molar-refractivity contribution in [1.82, 2.24) is 14.8 Å². The Morgan fingerprint density at radius 1 is 1.10 bits per heavy atom. The molecular formula is C24H24N4OS2. The molecule has 4 aromatic rings. The first-order chi connectivity index (χ1) is 15.1. The predicted molar refractivity (Wildman–Crippen MR) is 129 cm³/mol. The number of aryl methyl sites for hydroxylation is 2. The molecule has 2 aromatic carbocycles. The molecule has 0 aliphatic carbocycles. The Bertz CT molecular complexity index is 1170. The molecule has 0 saturated heterocycles. The zero-order valence-electron chi connectivity index (χ0n) is 17.7. The molecule has 0 aliphatic rings. The quantitative estimate of drug-likeness (QED) is 0.346. The van der Waals surface area contributed by atoms with Gasteiger partial charge in [0, 0.05) is 12.2 Å². The Balaban J connectivity index is 1.67. The molecule has 4 rings (SSSR count). The van der Waals surface area contributed by atoms with Gasteiger partial charge in [-0.1, -0.05) is 60.3 Å². The number of thioether (sulfide) groups is 1. The van der Waals surface area contributed by atoms with Crippen molar-refractivity contribution in [2.75, 3.05) is 5.32 Å². The number of nitrogens with zero attached hydrogens (tertiary/aromatic N) is 3. The zero-order valence-corrected chi connectivity index (χ0v) is 19.3. The van der Waals surface area contributed by atoms with Crippen molar-refractivity contribution in [1.29, 1.82) is 0 Å². The largest absolute Gasteiger partial charge is 0.325 e. The lowest BCUT2D eigenvalue weighted by atomic mass is 10.1. The Hall–Kier alpha value is -2.90. The first-order valence-electron chi connectivity index (χ1n) is 10.1. The third kappa shape index (κ3) is 4.73. The summed E-state index contributed by atoms with van der Waals surface area (Å²) >= 11 is 3.06. The Kier molecular flexibility index (Phi) is 6.53. The van der Waals surface area contributed by atoms with Crippen LogP contribution in [0.4, 0.5) is 5.69 Å². The lowest BCUT2D eigenvalue weighted by Crippen LogP contribution is -2.20. The van der Waals surface area contributed by atoms with E-state index in [0.717, 1.165) is 44.8 Å². The highest BCUT2D eigenvalue weighted by atomic mass is 32.2. The first kappa shape index (κ1) is 21.3. The molecule has 2 aromatic heterocycles. The summed E-state index contributed by atoms with van der Waals surface area (Å²) in [4.78, 5) is 14.5. The van der Waals surface area contributed by atoms with Gasteiger partial charge in [0.25, 0.3) is 0 Å². The average molecular weight is 449 g/mol. The van der Waals surface area contributed by atoms with Crippen LogP contribution in [0.5, 0.6) is 0 Å². The van der Waals surface area contributed by atoms with Crippen molar-refractivity contribution in [2.24, 2.45) is 0 Å². The molecular weight excluding hydrogens is 424 g/mol. The number of aromatic nitrogens is 3. The van der Waals surface area contributed by atoms with Gasteiger partial charge in [0.1, 0.15) is 5.25 Å². The molecule has 0 saturated carbocycles. The second-order valence-corrected chi connectivity index (χ2v) is 9.26. The van der Waals surface area contributed by atoms with Crippen LogP contribution in [-0.4, -0.2) is 20.7 Å². The summed E-state index contributed by atoms with van der Waals surface area (Å²) in [6.45, 7) is 6.82. The van der Waals surface area contributed by atoms with E-state index in [9.17, 15) is 4.79 Å². The van der Waals surface area contributed by atoms with E-state index >= 15 is 0 Å². The van der Waals surface area contributed by atoms with Gasteiger partial charge in [-0.3, -0.25) is 4.79 Å². The fourth-order valence-electron chi connectivity index (χ4n) is 3.32. The van der Waals surface area contributed by atoms with Crippen LogP contribution in [0.1, 0.15) is 28.9 Å². The molecule has 1 unspecified atom stereocenters. The summed E-state index contributed by atoms with van der Waals surface area (Å²) in [6.07, 6.45) is 0. The number of hydrogen-bond donors (Lipinski definition) is 1. The van der Waals surface area contributed by atoms with E-state index in [0.29, 0.717) is 0 Å². The first-order valence-corrected chi connectivity index (χ1v) is 11.9. The van der Waals surface area contributed by atoms with Gasteiger partial charge in [0.2, 0.25) is 5.91 Å². The van der Waals surface area contributed by atoms with Crippen LogP contribution in [0.15, 0.2) is 71.2 Å². The minimum absolute atomic E-state index is 0.0757. The second-order valence-electron chi connectivity index (χ2n) is 7.24. The molecule has 0 fully saturated rings. The molecule has 1 N–H and O–H groups in total. The summed E-state index contributed by atoms with van der Waals surface area (Å²) in [5, 5.41) is 14.3. The standard InChI is InChI=1S/C24H24N4OS2/c1-4-28-22(20-11-8-14-30-20)26-27-24(28)31-21(18-9-6-5-7-10-18)23(29)25-19-15-16(2)12-13-17(19)3/h5-15,21H,4H2,1-3H3,(H,25,29). The summed E-state index contributed by atoms with van der Waals surface area (Å²) in [7, 11) is 0. The summed E-state index contributed by atoms with van der Waals surface area (Å²) in [6, 6.07) is 19.9. The molecule has 2 heterocycles. The van der Waals surface area contributed by atoms with Crippen LogP contribution in [0.2, 0.25) is 0 Å². The Morgan fingerprint density at radius 2 is 1.90 bits per heavy atom. The van der Waals surface area contributed by atoms with Gasteiger partial charge >= 0.3 is 0 Å². The molecule has 5 nitrogen and oxygen atoms in total. The Labute approximate surface area is 190 Å². The highest BCUT2D eigenvalue weighted by Crippen LogP contribution is 2.37. The lowest BCUT2D eigenvalue weighted by molar-refractivity contribution is -0.115. The number of carbonyl (C=O) groups excluding carboxylic acids is 1. The number of benzene rings is 2. The third-order valence-electron chi connectivity index (χ3n) is 4.99. The van der Waals surface area contributed by atoms with Crippen LogP contribution in [-0.2, 0) is 11.3 Å². The van der Waals surface area contributed by atoms with Crippen LogP contribution >= 0.6 is 23.1 Å². The van der Waals surface area contributed by atoms with E-state index < -0.39 is 5.25 Å². The van der Waals surface area contributed by atoms with Gasteiger partial charge in [-0.25, -0.2) is 0 Å². The molecule has 1 atom stereocenters. The summed E-state index contributed by atoms with van der Waals surface area (Å²) in [5.74, 6) is 0.759. The number of hydrogen-bond acceptors (Lipinski definition) is 5. The molecule has 0 aliphatic heterocycles. The highest BCUT2D eigenvalue weighted by molar-refractivity contribution is 8.00. The highest BCUT2D eigenvalue weighted by Gasteiger charge is 2.26. The van der Waals surface area contributed by atoms with Gasteiger partial charge in [-0.2, -0.15) is 0 Å². The van der Waals surface area contributed by atoms with Crippen LogP contribution in [0.3, 0.4) is 0 Å². The number of amides is 1. The zero-order chi connectivity index (χ0) is 21.8. The van der Waals surface area contributed by atoms with Crippen LogP contribution in [0.25, 0.3) is 10.7 Å². The van der Waals surface area contributed by atoms with E-state index in [1.54, 1.807) is 11.3 Å². The molecule has 31 heavy (non-hydrogen) atoms. The normalized spacial score (nSPS) is 12.0. The van der Waals surface area contributed by atoms with Crippen LogP contribution in [0, 0.1) is 13.8 Å². The predicted octanol–water partition coefficient (Wildman–Crippen LogP) is 6.12. The fourth-order valence-corrected chi connectivity index (χ4v) is 5.14. The van der Waals surface area contributed by atoms with Gasteiger partial charge in [0.15, 0.2) is 11.0 Å². The summed E-state index contributed by atoms with van der Waals surface area (Å²) < 4.78 is 2.07. The van der Waals surface area contributed by atoms with Crippen molar-refractivity contribution in [3.63, 3.8) is 0 Å². The SMILES string of the molecule is CCn1c(SC(C(=O)Nc2cc(C)ccc2C)c2ccccc2)nnc1-c1cccs1. The van der Waals surface area contributed by atoms with Gasteiger partial charge in [-0.05, 0) is 55.0 Å². The monoisotopic (exact) mass is 448 g/mol. The molecule has 158 valence electrons.